The van der Waals surface area contributed by atoms with E-state index in [2.05, 4.69) is 73.1 Å². The molecule has 2 amide bonds. The highest BCUT2D eigenvalue weighted by Crippen LogP contribution is 2.19. The summed E-state index contributed by atoms with van der Waals surface area (Å²) in [6, 6.07) is -1.38. The first-order valence-electron chi connectivity index (χ1n) is 23.5. The zero-order valence-electron chi connectivity index (χ0n) is 37.0. The van der Waals surface area contributed by atoms with Crippen LogP contribution in [0.4, 0.5) is 0 Å². The molecule has 0 heterocycles. The Kier molecular flexibility index (Phi) is 41.0. The van der Waals surface area contributed by atoms with Gasteiger partial charge in [0, 0.05) is 12.8 Å². The molecule has 0 spiro atoms. The fourth-order valence-corrected chi connectivity index (χ4v) is 6.77. The van der Waals surface area contributed by atoms with Gasteiger partial charge in [-0.05, 0) is 77.0 Å². The number of aliphatic hydroxyl groups is 1. The van der Waals surface area contributed by atoms with Crippen LogP contribution in [0, 0.1) is 0 Å². The fraction of sp³-hybridized carbons (Fsp3) is 0.755. The van der Waals surface area contributed by atoms with Crippen molar-refractivity contribution in [2.45, 2.75) is 225 Å². The number of amides is 2. The summed E-state index contributed by atoms with van der Waals surface area (Å²) >= 11 is 0. The number of carboxylic acid groups (broad SMARTS) is 1. The summed E-state index contributed by atoms with van der Waals surface area (Å²) in [5.74, 6) is -2.31. The van der Waals surface area contributed by atoms with Crippen LogP contribution in [0.2, 0.25) is 0 Å². The molecule has 2 atom stereocenters. The minimum absolute atomic E-state index is 0.0261. The van der Waals surface area contributed by atoms with Gasteiger partial charge in [-0.1, -0.05) is 172 Å². The number of esters is 1. The van der Waals surface area contributed by atoms with Crippen LogP contribution in [-0.2, 0) is 23.9 Å². The number of hydrogen-bond acceptors (Lipinski definition) is 6. The summed E-state index contributed by atoms with van der Waals surface area (Å²) in [5.41, 5.74) is 0. The molecule has 58 heavy (non-hydrogen) atoms. The third-order valence-corrected chi connectivity index (χ3v) is 10.3. The van der Waals surface area contributed by atoms with Crippen LogP contribution in [0.25, 0.3) is 0 Å². The van der Waals surface area contributed by atoms with E-state index >= 15 is 0 Å². The molecule has 0 saturated carbocycles. The maximum atomic E-state index is 12.8. The van der Waals surface area contributed by atoms with Crippen molar-refractivity contribution in [3.8, 4) is 0 Å². The Labute approximate surface area is 354 Å². The number of hydrogen-bond donors (Lipinski definition) is 4. The maximum absolute atomic E-state index is 12.8. The number of nitrogens with one attached hydrogen (secondary N) is 2. The second-order valence-corrected chi connectivity index (χ2v) is 15.8. The third kappa shape index (κ3) is 39.6. The summed E-state index contributed by atoms with van der Waals surface area (Å²) in [4.78, 5) is 47.7. The predicted molar refractivity (Wildman–Crippen MR) is 241 cm³/mol. The SMILES string of the molecule is CC/C=C\C/C=C\C/C=C\C/C=C\CCCCCCC(=O)OC(CCCCCCCCCCCCCCC)CCCCCCCC(=O)NCC(=O)NC(CO)C(=O)O. The van der Waals surface area contributed by atoms with Gasteiger partial charge in [0.1, 0.15) is 12.1 Å². The van der Waals surface area contributed by atoms with E-state index in [0.29, 0.717) is 19.3 Å². The Morgan fingerprint density at radius 3 is 1.48 bits per heavy atom. The Morgan fingerprint density at radius 2 is 0.983 bits per heavy atom. The molecular formula is C49H86N2O7. The van der Waals surface area contributed by atoms with E-state index in [-0.39, 0.29) is 24.5 Å². The molecule has 0 rings (SSSR count). The average molecular weight is 815 g/mol. The molecule has 9 heteroatoms. The Morgan fingerprint density at radius 1 is 0.534 bits per heavy atom. The van der Waals surface area contributed by atoms with Crippen molar-refractivity contribution in [3.05, 3.63) is 48.6 Å². The number of aliphatic hydroxyl groups excluding tert-OH is 1. The first kappa shape index (κ1) is 54.8. The van der Waals surface area contributed by atoms with E-state index < -0.39 is 24.5 Å². The lowest BCUT2D eigenvalue weighted by atomic mass is 10.0. The molecule has 0 fully saturated rings. The number of carbonyl (C=O) groups is 4. The van der Waals surface area contributed by atoms with E-state index in [1.54, 1.807) is 0 Å². The highest BCUT2D eigenvalue weighted by Gasteiger charge is 2.19. The highest BCUT2D eigenvalue weighted by atomic mass is 16.5. The third-order valence-electron chi connectivity index (χ3n) is 10.3. The van der Waals surface area contributed by atoms with E-state index in [4.69, 9.17) is 14.9 Å². The number of unbranched alkanes of at least 4 members (excludes halogenated alkanes) is 20. The number of allylic oxidation sites excluding steroid dienone is 8. The van der Waals surface area contributed by atoms with E-state index in [0.717, 1.165) is 103 Å². The van der Waals surface area contributed by atoms with Crippen LogP contribution in [0.5, 0.6) is 0 Å². The Bertz CT molecular complexity index is 1120. The fourth-order valence-electron chi connectivity index (χ4n) is 6.77. The lowest BCUT2D eigenvalue weighted by molar-refractivity contribution is -0.150. The molecule has 0 aliphatic rings. The second kappa shape index (κ2) is 43.4. The largest absolute Gasteiger partial charge is 0.480 e. The molecule has 0 aromatic carbocycles. The van der Waals surface area contributed by atoms with Gasteiger partial charge in [-0.15, -0.1) is 0 Å². The van der Waals surface area contributed by atoms with Gasteiger partial charge in [0.2, 0.25) is 11.8 Å². The lowest BCUT2D eigenvalue weighted by Crippen LogP contribution is -2.47. The molecule has 0 aromatic rings. The number of ether oxygens (including phenoxy) is 1. The summed E-state index contributed by atoms with van der Waals surface area (Å²) < 4.78 is 6.04. The van der Waals surface area contributed by atoms with Crippen molar-refractivity contribution in [1.29, 1.82) is 0 Å². The lowest BCUT2D eigenvalue weighted by Gasteiger charge is -2.18. The van der Waals surface area contributed by atoms with E-state index in [9.17, 15) is 19.2 Å². The minimum Gasteiger partial charge on any atom is -0.480 e. The van der Waals surface area contributed by atoms with E-state index in [1.807, 2.05) is 0 Å². The van der Waals surface area contributed by atoms with Crippen LogP contribution in [0.3, 0.4) is 0 Å². The van der Waals surface area contributed by atoms with E-state index in [1.165, 1.54) is 77.0 Å². The molecule has 0 aromatic heterocycles. The zero-order chi connectivity index (χ0) is 42.6. The first-order valence-corrected chi connectivity index (χ1v) is 23.5. The summed E-state index contributed by atoms with van der Waals surface area (Å²) in [7, 11) is 0. The summed E-state index contributed by atoms with van der Waals surface area (Å²) in [6.45, 7) is 3.38. The first-order chi connectivity index (χ1) is 28.3. The van der Waals surface area contributed by atoms with Crippen LogP contribution in [-0.4, -0.2) is 59.3 Å². The van der Waals surface area contributed by atoms with Crippen molar-refractivity contribution in [1.82, 2.24) is 10.6 Å². The standard InChI is InChI=1S/C49H86N2O7/c1-3-5-7-9-11-13-15-17-18-19-20-22-24-26-28-33-37-41-48(55)58-44(38-34-30-27-25-23-21-16-14-12-10-8-6-4-2)39-35-31-29-32-36-40-46(53)50-42-47(54)51-45(43-52)49(56)57/h5,7,11,13,17-18,20,22,44-45,52H,3-4,6,8-10,12,14-16,19,21,23-43H2,1-2H3,(H,50,53)(H,51,54)(H,56,57)/b7-5-,13-11-,18-17-,22-20-. The number of rotatable bonds is 42. The van der Waals surface area contributed by atoms with Gasteiger partial charge in [-0.25, -0.2) is 4.79 Å². The minimum atomic E-state index is -1.38. The monoisotopic (exact) mass is 815 g/mol. The van der Waals surface area contributed by atoms with Gasteiger partial charge in [0.15, 0.2) is 0 Å². The van der Waals surface area contributed by atoms with Gasteiger partial charge >= 0.3 is 11.9 Å². The highest BCUT2D eigenvalue weighted by molar-refractivity contribution is 5.87. The normalized spacial score (nSPS) is 12.9. The topological polar surface area (TPSA) is 142 Å². The molecule has 0 radical (unpaired) electrons. The van der Waals surface area contributed by atoms with Crippen LogP contribution < -0.4 is 10.6 Å². The average Bonchev–Trinajstić information content (AvgIpc) is 3.21. The molecular weight excluding hydrogens is 729 g/mol. The summed E-state index contributed by atoms with van der Waals surface area (Å²) in [5, 5.41) is 22.6. The number of aliphatic carboxylic acids is 1. The Hall–Kier alpha value is -3.20. The smallest absolute Gasteiger partial charge is 0.328 e. The van der Waals surface area contributed by atoms with Gasteiger partial charge < -0.3 is 25.6 Å². The molecule has 0 aliphatic carbocycles. The Balaban J connectivity index is 4.36. The quantitative estimate of drug-likeness (QED) is 0.0273. The second-order valence-electron chi connectivity index (χ2n) is 15.8. The van der Waals surface area contributed by atoms with Gasteiger partial charge in [0.25, 0.3) is 0 Å². The van der Waals surface area contributed by atoms with Crippen LogP contribution in [0.1, 0.15) is 213 Å². The molecule has 0 saturated heterocycles. The molecule has 2 unspecified atom stereocenters. The molecule has 0 bridgehead atoms. The van der Waals surface area contributed by atoms with Gasteiger partial charge in [-0.3, -0.25) is 14.4 Å². The van der Waals surface area contributed by atoms with Crippen molar-refractivity contribution in [3.63, 3.8) is 0 Å². The van der Waals surface area contributed by atoms with Crippen LogP contribution in [0.15, 0.2) is 48.6 Å². The van der Waals surface area contributed by atoms with Crippen molar-refractivity contribution < 1.29 is 34.1 Å². The van der Waals surface area contributed by atoms with Gasteiger partial charge in [0.05, 0.1) is 13.2 Å². The number of carbonyl (C=O) groups excluding carboxylic acids is 3. The van der Waals surface area contributed by atoms with Crippen molar-refractivity contribution in [2.75, 3.05) is 13.2 Å². The predicted octanol–water partition coefficient (Wildman–Crippen LogP) is 11.9. The molecule has 4 N–H and O–H groups in total. The van der Waals surface area contributed by atoms with Crippen molar-refractivity contribution in [2.24, 2.45) is 0 Å². The van der Waals surface area contributed by atoms with Crippen LogP contribution >= 0.6 is 0 Å². The molecule has 334 valence electrons. The zero-order valence-corrected chi connectivity index (χ0v) is 37.0. The molecule has 9 nitrogen and oxygen atoms in total. The molecule has 0 aliphatic heterocycles. The maximum Gasteiger partial charge on any atom is 0.328 e. The summed E-state index contributed by atoms with van der Waals surface area (Å²) in [6.07, 6.45) is 51.3. The van der Waals surface area contributed by atoms with Crippen molar-refractivity contribution >= 4 is 23.8 Å². The number of carboxylic acids is 1. The van der Waals surface area contributed by atoms with Gasteiger partial charge in [-0.2, -0.15) is 0 Å².